The Balaban J connectivity index is 1.66. The molecule has 28 heavy (non-hydrogen) atoms. The average molecular weight is 386 g/mol. The third kappa shape index (κ3) is 6.95. The van der Waals surface area contributed by atoms with Crippen molar-refractivity contribution in [2.24, 2.45) is 0 Å². The van der Waals surface area contributed by atoms with Gasteiger partial charge in [0.2, 0.25) is 0 Å². The highest BCUT2D eigenvalue weighted by Gasteiger charge is 2.18. The molecule has 0 aromatic heterocycles. The van der Waals surface area contributed by atoms with Crippen LogP contribution in [0.1, 0.15) is 25.0 Å². The van der Waals surface area contributed by atoms with E-state index in [0.29, 0.717) is 11.5 Å². The number of esters is 2. The first-order valence-corrected chi connectivity index (χ1v) is 9.15. The number of carbonyl (C=O) groups is 2. The molecule has 0 spiro atoms. The van der Waals surface area contributed by atoms with Gasteiger partial charge in [-0.25, -0.2) is 9.59 Å². The third-order valence-corrected chi connectivity index (χ3v) is 3.90. The van der Waals surface area contributed by atoms with Gasteiger partial charge in [-0.15, -0.1) is 0 Å². The number of hydrogen-bond donors (Lipinski definition) is 0. The summed E-state index contributed by atoms with van der Waals surface area (Å²) in [5.74, 6) is 0.119. The van der Waals surface area contributed by atoms with Crippen LogP contribution in [0.15, 0.2) is 48.5 Å². The van der Waals surface area contributed by atoms with E-state index in [4.69, 9.17) is 18.9 Å². The third-order valence-electron chi connectivity index (χ3n) is 3.90. The maximum Gasteiger partial charge on any atom is 0.347 e. The number of benzene rings is 2. The molecule has 2 aromatic carbocycles. The van der Waals surface area contributed by atoms with Gasteiger partial charge in [-0.05, 0) is 52.0 Å². The van der Waals surface area contributed by atoms with Gasteiger partial charge < -0.3 is 18.9 Å². The predicted molar refractivity (Wildman–Crippen MR) is 104 cm³/mol. The second kappa shape index (κ2) is 10.3. The highest BCUT2D eigenvalue weighted by atomic mass is 16.6. The molecule has 6 heteroatoms. The highest BCUT2D eigenvalue weighted by Crippen LogP contribution is 2.15. The fraction of sp³-hybridized carbons (Fsp3) is 0.364. The SMILES string of the molecule is Cc1ccc(OC(C)C(=O)OCCOC(=O)C(C)Oc2ccc(C)cc2)cc1. The van der Waals surface area contributed by atoms with E-state index in [0.717, 1.165) is 11.1 Å². The molecule has 2 unspecified atom stereocenters. The van der Waals surface area contributed by atoms with Crippen molar-refractivity contribution in [1.29, 1.82) is 0 Å². The van der Waals surface area contributed by atoms with Crippen LogP contribution in [0.2, 0.25) is 0 Å². The molecular formula is C22H26O6. The summed E-state index contributed by atoms with van der Waals surface area (Å²) in [7, 11) is 0. The largest absolute Gasteiger partial charge is 0.479 e. The Morgan fingerprint density at radius 1 is 0.679 bits per heavy atom. The second-order valence-corrected chi connectivity index (χ2v) is 6.48. The quantitative estimate of drug-likeness (QED) is 0.484. The molecule has 6 nitrogen and oxygen atoms in total. The summed E-state index contributed by atoms with van der Waals surface area (Å²) >= 11 is 0. The zero-order chi connectivity index (χ0) is 20.5. The first kappa shape index (κ1) is 21.3. The topological polar surface area (TPSA) is 71.1 Å². The molecule has 0 fully saturated rings. The lowest BCUT2D eigenvalue weighted by Gasteiger charge is -2.16. The molecule has 0 bridgehead atoms. The van der Waals surface area contributed by atoms with E-state index in [9.17, 15) is 9.59 Å². The maximum atomic E-state index is 11.9. The maximum absolute atomic E-state index is 11.9. The van der Waals surface area contributed by atoms with Crippen molar-refractivity contribution in [3.63, 3.8) is 0 Å². The Kier molecular flexibility index (Phi) is 7.87. The van der Waals surface area contributed by atoms with Gasteiger partial charge in [-0.1, -0.05) is 35.4 Å². The number of aryl methyl sites for hydroxylation is 2. The monoisotopic (exact) mass is 386 g/mol. The van der Waals surface area contributed by atoms with Gasteiger partial charge in [0.15, 0.2) is 12.2 Å². The van der Waals surface area contributed by atoms with Crippen LogP contribution in [-0.4, -0.2) is 37.4 Å². The molecule has 0 aliphatic heterocycles. The van der Waals surface area contributed by atoms with Crippen LogP contribution >= 0.6 is 0 Å². The van der Waals surface area contributed by atoms with Gasteiger partial charge in [0.05, 0.1) is 0 Å². The summed E-state index contributed by atoms with van der Waals surface area (Å²) < 4.78 is 21.2. The number of hydrogen-bond acceptors (Lipinski definition) is 6. The zero-order valence-corrected chi connectivity index (χ0v) is 16.6. The van der Waals surface area contributed by atoms with Crippen LogP contribution in [0.25, 0.3) is 0 Å². The molecule has 0 aliphatic rings. The van der Waals surface area contributed by atoms with Crippen LogP contribution in [0.5, 0.6) is 11.5 Å². The molecule has 0 aliphatic carbocycles. The van der Waals surface area contributed by atoms with Crippen molar-refractivity contribution >= 4 is 11.9 Å². The van der Waals surface area contributed by atoms with Crippen molar-refractivity contribution in [3.05, 3.63) is 59.7 Å². The molecule has 2 atom stereocenters. The fourth-order valence-electron chi connectivity index (χ4n) is 2.26. The standard InChI is InChI=1S/C22H26O6/c1-15-5-9-19(10-6-15)27-17(3)21(23)25-13-14-26-22(24)18(4)28-20-11-7-16(2)8-12-20/h5-12,17-18H,13-14H2,1-4H3. The second-order valence-electron chi connectivity index (χ2n) is 6.48. The Morgan fingerprint density at radius 3 is 1.32 bits per heavy atom. The van der Waals surface area contributed by atoms with Crippen LogP contribution < -0.4 is 9.47 Å². The highest BCUT2D eigenvalue weighted by molar-refractivity contribution is 5.75. The van der Waals surface area contributed by atoms with Crippen molar-refractivity contribution in [3.8, 4) is 11.5 Å². The van der Waals surface area contributed by atoms with Gasteiger partial charge in [0, 0.05) is 0 Å². The van der Waals surface area contributed by atoms with E-state index in [1.807, 2.05) is 38.1 Å². The van der Waals surface area contributed by atoms with Gasteiger partial charge in [0.1, 0.15) is 24.7 Å². The van der Waals surface area contributed by atoms with E-state index in [2.05, 4.69) is 0 Å². The number of carbonyl (C=O) groups excluding carboxylic acids is 2. The minimum absolute atomic E-state index is 0.0522. The smallest absolute Gasteiger partial charge is 0.347 e. The molecule has 150 valence electrons. The Hall–Kier alpha value is -3.02. The normalized spacial score (nSPS) is 12.6. The van der Waals surface area contributed by atoms with Gasteiger partial charge in [-0.3, -0.25) is 0 Å². The van der Waals surface area contributed by atoms with Gasteiger partial charge in [-0.2, -0.15) is 0 Å². The summed E-state index contributed by atoms with van der Waals surface area (Å²) in [5, 5.41) is 0. The van der Waals surface area contributed by atoms with Crippen molar-refractivity contribution in [1.82, 2.24) is 0 Å². The first-order valence-electron chi connectivity index (χ1n) is 9.15. The van der Waals surface area contributed by atoms with E-state index < -0.39 is 24.1 Å². The molecule has 0 amide bonds. The van der Waals surface area contributed by atoms with Crippen molar-refractivity contribution in [2.75, 3.05) is 13.2 Å². The number of rotatable bonds is 9. The molecular weight excluding hydrogens is 360 g/mol. The molecule has 0 N–H and O–H groups in total. The van der Waals surface area contributed by atoms with E-state index in [1.165, 1.54) is 0 Å². The fourth-order valence-corrected chi connectivity index (χ4v) is 2.26. The van der Waals surface area contributed by atoms with Crippen LogP contribution in [-0.2, 0) is 19.1 Å². The minimum Gasteiger partial charge on any atom is -0.479 e. The van der Waals surface area contributed by atoms with Crippen molar-refractivity contribution in [2.45, 2.75) is 39.9 Å². The molecule has 0 saturated carbocycles. The van der Waals surface area contributed by atoms with Gasteiger partial charge >= 0.3 is 11.9 Å². The lowest BCUT2D eigenvalue weighted by Crippen LogP contribution is -2.29. The predicted octanol–water partition coefficient (Wildman–Crippen LogP) is 3.62. The first-order chi connectivity index (χ1) is 13.3. The molecule has 0 saturated heterocycles. The average Bonchev–Trinajstić information content (AvgIpc) is 2.68. The van der Waals surface area contributed by atoms with Crippen LogP contribution in [0.4, 0.5) is 0 Å². The van der Waals surface area contributed by atoms with Gasteiger partial charge in [0.25, 0.3) is 0 Å². The van der Waals surface area contributed by atoms with E-state index in [-0.39, 0.29) is 13.2 Å². The van der Waals surface area contributed by atoms with Crippen LogP contribution in [0, 0.1) is 13.8 Å². The molecule has 0 radical (unpaired) electrons. The molecule has 2 rings (SSSR count). The zero-order valence-electron chi connectivity index (χ0n) is 16.6. The summed E-state index contributed by atoms with van der Waals surface area (Å²) in [5.41, 5.74) is 2.20. The number of ether oxygens (including phenoxy) is 4. The molecule has 2 aromatic rings. The Bertz CT molecular complexity index is 699. The lowest BCUT2D eigenvalue weighted by molar-refractivity contribution is -0.159. The van der Waals surface area contributed by atoms with E-state index >= 15 is 0 Å². The van der Waals surface area contributed by atoms with Crippen LogP contribution in [0.3, 0.4) is 0 Å². The molecule has 0 heterocycles. The summed E-state index contributed by atoms with van der Waals surface area (Å²) in [4.78, 5) is 23.9. The Labute approximate surface area is 165 Å². The Morgan fingerprint density at radius 2 is 1.00 bits per heavy atom. The van der Waals surface area contributed by atoms with Crippen molar-refractivity contribution < 1.29 is 28.5 Å². The summed E-state index contributed by atoms with van der Waals surface area (Å²) in [6, 6.07) is 14.7. The lowest BCUT2D eigenvalue weighted by atomic mass is 10.2. The summed E-state index contributed by atoms with van der Waals surface area (Å²) in [6.45, 7) is 7.04. The van der Waals surface area contributed by atoms with E-state index in [1.54, 1.807) is 38.1 Å². The summed E-state index contributed by atoms with van der Waals surface area (Å²) in [6.07, 6.45) is -1.52. The minimum atomic E-state index is -0.762.